The van der Waals surface area contributed by atoms with E-state index >= 15 is 0 Å². The maximum atomic E-state index is 5.82. The average molecular weight is 213 g/mol. The minimum atomic E-state index is 0.554. The van der Waals surface area contributed by atoms with Crippen LogP contribution in [-0.4, -0.2) is 26.3 Å². The maximum absolute atomic E-state index is 5.82. The highest BCUT2D eigenvalue weighted by atomic mass is 16.5. The molecule has 1 saturated carbocycles. The predicted octanol–water partition coefficient (Wildman–Crippen LogP) is 2.97. The highest BCUT2D eigenvalue weighted by Gasteiger charge is 2.14. The summed E-state index contributed by atoms with van der Waals surface area (Å²) in [5, 5.41) is 3.32. The largest absolute Gasteiger partial charge is 0.380 e. The summed E-state index contributed by atoms with van der Waals surface area (Å²) in [6, 6.07) is 0.554. The number of hydrogen-bond acceptors (Lipinski definition) is 2. The van der Waals surface area contributed by atoms with Crippen LogP contribution >= 0.6 is 0 Å². The van der Waals surface area contributed by atoms with Crippen molar-refractivity contribution in [1.82, 2.24) is 5.32 Å². The Bertz CT molecular complexity index is 139. The predicted molar refractivity (Wildman–Crippen MR) is 65.1 cm³/mol. The third-order valence-corrected chi connectivity index (χ3v) is 3.44. The third kappa shape index (κ3) is 5.53. The van der Waals surface area contributed by atoms with Gasteiger partial charge in [-0.3, -0.25) is 0 Å². The highest BCUT2D eigenvalue weighted by molar-refractivity contribution is 4.67. The zero-order valence-electron chi connectivity index (χ0n) is 10.4. The molecule has 0 radical (unpaired) electrons. The van der Waals surface area contributed by atoms with E-state index in [9.17, 15) is 0 Å². The first-order valence-electron chi connectivity index (χ1n) is 6.61. The van der Waals surface area contributed by atoms with E-state index in [1.807, 2.05) is 7.05 Å². The van der Waals surface area contributed by atoms with Crippen LogP contribution in [-0.2, 0) is 4.74 Å². The lowest BCUT2D eigenvalue weighted by Crippen LogP contribution is -2.31. The molecule has 1 fully saturated rings. The van der Waals surface area contributed by atoms with E-state index < -0.39 is 0 Å². The maximum Gasteiger partial charge on any atom is 0.0619 e. The summed E-state index contributed by atoms with van der Waals surface area (Å²) >= 11 is 0. The molecule has 0 aliphatic heterocycles. The number of nitrogens with one attached hydrogen (secondary N) is 1. The third-order valence-electron chi connectivity index (χ3n) is 3.44. The fourth-order valence-electron chi connectivity index (χ4n) is 2.39. The molecule has 1 aliphatic rings. The lowest BCUT2D eigenvalue weighted by molar-refractivity contribution is 0.0691. The van der Waals surface area contributed by atoms with Gasteiger partial charge in [0.2, 0.25) is 0 Å². The molecule has 2 nitrogen and oxygen atoms in total. The normalized spacial score (nSPS) is 20.4. The van der Waals surface area contributed by atoms with Crippen LogP contribution in [0.3, 0.4) is 0 Å². The van der Waals surface area contributed by atoms with Crippen LogP contribution in [0.4, 0.5) is 0 Å². The number of likely N-dealkylation sites (N-methyl/N-ethyl adjacent to an activating group) is 1. The first-order chi connectivity index (χ1) is 7.36. The summed E-state index contributed by atoms with van der Waals surface area (Å²) in [5.74, 6) is 0.845. The van der Waals surface area contributed by atoms with Gasteiger partial charge in [0.25, 0.3) is 0 Å². The van der Waals surface area contributed by atoms with E-state index in [-0.39, 0.29) is 0 Å². The van der Waals surface area contributed by atoms with Gasteiger partial charge >= 0.3 is 0 Å². The van der Waals surface area contributed by atoms with Crippen molar-refractivity contribution in [2.24, 2.45) is 5.92 Å². The number of ether oxygens (including phenoxy) is 1. The molecule has 0 bridgehead atoms. The Morgan fingerprint density at radius 1 is 1.27 bits per heavy atom. The second-order valence-electron chi connectivity index (χ2n) is 4.82. The second-order valence-corrected chi connectivity index (χ2v) is 4.82. The van der Waals surface area contributed by atoms with Crippen molar-refractivity contribution in [3.8, 4) is 0 Å². The van der Waals surface area contributed by atoms with E-state index in [1.54, 1.807) is 0 Å². The quantitative estimate of drug-likeness (QED) is 0.702. The van der Waals surface area contributed by atoms with Crippen molar-refractivity contribution in [1.29, 1.82) is 0 Å². The second kappa shape index (κ2) is 8.12. The van der Waals surface area contributed by atoms with Crippen molar-refractivity contribution in [3.63, 3.8) is 0 Å². The number of rotatable bonds is 7. The Labute approximate surface area is 94.8 Å². The molecule has 2 heteroatoms. The van der Waals surface area contributed by atoms with Crippen LogP contribution in [0.5, 0.6) is 0 Å². The lowest BCUT2D eigenvalue weighted by atomic mass is 9.90. The molecule has 1 N–H and O–H groups in total. The first kappa shape index (κ1) is 13.0. The molecule has 0 aromatic rings. The van der Waals surface area contributed by atoms with Gasteiger partial charge in [-0.05, 0) is 32.2 Å². The van der Waals surface area contributed by atoms with Gasteiger partial charge in [-0.15, -0.1) is 0 Å². The van der Waals surface area contributed by atoms with Crippen molar-refractivity contribution in [2.45, 2.75) is 57.9 Å². The molecule has 0 amide bonds. The summed E-state index contributed by atoms with van der Waals surface area (Å²) in [7, 11) is 2.03. The van der Waals surface area contributed by atoms with E-state index in [0.717, 1.165) is 19.1 Å². The minimum absolute atomic E-state index is 0.554. The SMILES string of the molecule is CCCC(COCC1CCCCC1)NC. The smallest absolute Gasteiger partial charge is 0.0619 e. The van der Waals surface area contributed by atoms with Gasteiger partial charge in [0.1, 0.15) is 0 Å². The summed E-state index contributed by atoms with van der Waals surface area (Å²) in [6.45, 7) is 4.11. The highest BCUT2D eigenvalue weighted by Crippen LogP contribution is 2.23. The molecular formula is C13H27NO. The van der Waals surface area contributed by atoms with Crippen LogP contribution in [0.25, 0.3) is 0 Å². The van der Waals surface area contributed by atoms with Gasteiger partial charge in [-0.25, -0.2) is 0 Å². The van der Waals surface area contributed by atoms with Crippen molar-refractivity contribution in [2.75, 3.05) is 20.3 Å². The van der Waals surface area contributed by atoms with Crippen LogP contribution in [0.2, 0.25) is 0 Å². The van der Waals surface area contributed by atoms with Gasteiger partial charge in [0.05, 0.1) is 6.61 Å². The summed E-state index contributed by atoms with van der Waals surface area (Å²) < 4.78 is 5.82. The van der Waals surface area contributed by atoms with Crippen LogP contribution in [0.1, 0.15) is 51.9 Å². The average Bonchev–Trinajstić information content (AvgIpc) is 2.29. The van der Waals surface area contributed by atoms with Crippen molar-refractivity contribution < 1.29 is 4.74 Å². The van der Waals surface area contributed by atoms with Crippen LogP contribution in [0.15, 0.2) is 0 Å². The van der Waals surface area contributed by atoms with E-state index in [4.69, 9.17) is 4.74 Å². The molecule has 15 heavy (non-hydrogen) atoms. The van der Waals surface area contributed by atoms with E-state index in [2.05, 4.69) is 12.2 Å². The Balaban J connectivity index is 2.03. The van der Waals surface area contributed by atoms with Crippen molar-refractivity contribution in [3.05, 3.63) is 0 Å². The van der Waals surface area contributed by atoms with Gasteiger partial charge in [0.15, 0.2) is 0 Å². The Morgan fingerprint density at radius 2 is 2.00 bits per heavy atom. The molecule has 90 valence electrons. The lowest BCUT2D eigenvalue weighted by Gasteiger charge is -2.23. The molecule has 1 aliphatic carbocycles. The number of hydrogen-bond donors (Lipinski definition) is 1. The molecule has 0 aromatic carbocycles. The summed E-state index contributed by atoms with van der Waals surface area (Å²) in [4.78, 5) is 0. The van der Waals surface area contributed by atoms with E-state index in [0.29, 0.717) is 6.04 Å². The Morgan fingerprint density at radius 3 is 2.60 bits per heavy atom. The molecule has 0 heterocycles. The molecule has 1 rings (SSSR count). The molecule has 0 spiro atoms. The zero-order valence-corrected chi connectivity index (χ0v) is 10.4. The van der Waals surface area contributed by atoms with Gasteiger partial charge in [-0.2, -0.15) is 0 Å². The van der Waals surface area contributed by atoms with E-state index in [1.165, 1.54) is 44.9 Å². The Kier molecular flexibility index (Phi) is 7.03. The van der Waals surface area contributed by atoms with Crippen LogP contribution in [0, 0.1) is 5.92 Å². The minimum Gasteiger partial charge on any atom is -0.380 e. The van der Waals surface area contributed by atoms with Gasteiger partial charge < -0.3 is 10.1 Å². The van der Waals surface area contributed by atoms with Crippen LogP contribution < -0.4 is 5.32 Å². The molecule has 1 unspecified atom stereocenters. The standard InChI is InChI=1S/C13H27NO/c1-3-7-13(14-2)11-15-10-12-8-5-4-6-9-12/h12-14H,3-11H2,1-2H3. The monoisotopic (exact) mass is 213 g/mol. The molecule has 0 aromatic heterocycles. The fraction of sp³-hybridized carbons (Fsp3) is 1.00. The molecular weight excluding hydrogens is 186 g/mol. The van der Waals surface area contributed by atoms with Crippen molar-refractivity contribution >= 4 is 0 Å². The topological polar surface area (TPSA) is 21.3 Å². The molecule has 1 atom stereocenters. The first-order valence-corrected chi connectivity index (χ1v) is 6.61. The Hall–Kier alpha value is -0.0800. The van der Waals surface area contributed by atoms with Gasteiger partial charge in [-0.1, -0.05) is 32.6 Å². The fourth-order valence-corrected chi connectivity index (χ4v) is 2.39. The molecule has 0 saturated heterocycles. The summed E-state index contributed by atoms with van der Waals surface area (Å²) in [6.07, 6.45) is 9.50. The van der Waals surface area contributed by atoms with Gasteiger partial charge in [0, 0.05) is 12.6 Å². The zero-order chi connectivity index (χ0) is 10.9. The summed E-state index contributed by atoms with van der Waals surface area (Å²) in [5.41, 5.74) is 0.